The first-order valence-electron chi connectivity index (χ1n) is 9.74. The molecule has 2 heterocycles. The molecule has 7 nitrogen and oxygen atoms in total. The van der Waals surface area contributed by atoms with Crippen LogP contribution in [0.4, 0.5) is 4.39 Å². The van der Waals surface area contributed by atoms with E-state index < -0.39 is 27.7 Å². The maximum Gasteiger partial charge on any atom is 0.309 e. The van der Waals surface area contributed by atoms with Crippen LogP contribution in [0.15, 0.2) is 46.7 Å². The van der Waals surface area contributed by atoms with Gasteiger partial charge in [-0.3, -0.25) is 9.59 Å². The zero-order valence-electron chi connectivity index (χ0n) is 16.3. The van der Waals surface area contributed by atoms with E-state index in [1.54, 1.807) is 0 Å². The highest BCUT2D eigenvalue weighted by molar-refractivity contribution is 7.89. The third-order valence-corrected chi connectivity index (χ3v) is 7.81. The number of hydrogen-bond acceptors (Lipinski definition) is 5. The van der Waals surface area contributed by atoms with Crippen LogP contribution in [-0.4, -0.2) is 43.7 Å². The Labute approximate surface area is 179 Å². The van der Waals surface area contributed by atoms with E-state index >= 15 is 0 Å². The minimum absolute atomic E-state index is 0.0489. The molecule has 2 N–H and O–H groups in total. The van der Waals surface area contributed by atoms with Crippen LogP contribution in [0.2, 0.25) is 0 Å². The van der Waals surface area contributed by atoms with Crippen molar-refractivity contribution >= 4 is 33.2 Å². The summed E-state index contributed by atoms with van der Waals surface area (Å²) in [5.41, 5.74) is 0. The topological polar surface area (TPSA) is 95.6 Å². The number of benzene rings is 1. The maximum atomic E-state index is 13.2. The van der Waals surface area contributed by atoms with Gasteiger partial charge in [-0.25, -0.2) is 12.8 Å². The molecule has 1 fully saturated rings. The Morgan fingerprint density at radius 2 is 1.83 bits per heavy atom. The Morgan fingerprint density at radius 1 is 1.10 bits per heavy atom. The first-order valence-corrected chi connectivity index (χ1v) is 12.1. The number of thiophene rings is 1. The van der Waals surface area contributed by atoms with Gasteiger partial charge in [-0.05, 0) is 55.0 Å². The number of carbonyl (C=O) groups excluding carboxylic acids is 2. The average Bonchev–Trinajstić information content (AvgIpc) is 3.26. The van der Waals surface area contributed by atoms with Crippen molar-refractivity contribution in [3.8, 4) is 0 Å². The van der Waals surface area contributed by atoms with Gasteiger partial charge in [0.2, 0.25) is 10.0 Å². The van der Waals surface area contributed by atoms with Crippen molar-refractivity contribution in [2.24, 2.45) is 0 Å². The molecule has 0 spiro atoms. The maximum absolute atomic E-state index is 13.2. The van der Waals surface area contributed by atoms with Gasteiger partial charge in [0.15, 0.2) is 0 Å². The molecule has 1 saturated heterocycles. The normalized spacial score (nSPS) is 17.4. The molecule has 1 aliphatic rings. The molecule has 0 saturated carbocycles. The molecule has 3 rings (SSSR count). The fraction of sp³-hybridized carbons (Fsp3) is 0.400. The largest absolute Gasteiger partial charge is 0.348 e. The van der Waals surface area contributed by atoms with E-state index in [9.17, 15) is 22.4 Å². The minimum Gasteiger partial charge on any atom is -0.348 e. The third-order valence-electron chi connectivity index (χ3n) is 4.97. The number of halogens is 1. The lowest BCUT2D eigenvalue weighted by molar-refractivity contribution is -0.139. The van der Waals surface area contributed by atoms with Gasteiger partial charge in [-0.1, -0.05) is 12.5 Å². The standard InChI is InChI=1S/C20H24FN3O4S2/c21-15-6-8-18(9-7-15)30(27,28)24-12-2-1-4-16(24)10-11-22-19(25)20(26)23-14-17-5-3-13-29-17/h3,5-9,13,16H,1-2,4,10-12,14H2,(H,22,25)(H,23,26)/t16-/m0/s1. The van der Waals surface area contributed by atoms with Crippen LogP contribution in [0.3, 0.4) is 0 Å². The highest BCUT2D eigenvalue weighted by Gasteiger charge is 2.33. The lowest BCUT2D eigenvalue weighted by atomic mass is 10.0. The van der Waals surface area contributed by atoms with Crippen LogP contribution in [0.5, 0.6) is 0 Å². The molecule has 0 radical (unpaired) electrons. The number of carbonyl (C=O) groups is 2. The fourth-order valence-electron chi connectivity index (χ4n) is 3.41. The molecular weight excluding hydrogens is 429 g/mol. The molecule has 1 aliphatic heterocycles. The predicted molar refractivity (Wildman–Crippen MR) is 112 cm³/mol. The molecular formula is C20H24FN3O4S2. The summed E-state index contributed by atoms with van der Waals surface area (Å²) in [6.45, 7) is 0.848. The van der Waals surface area contributed by atoms with Gasteiger partial charge < -0.3 is 10.6 Å². The summed E-state index contributed by atoms with van der Waals surface area (Å²) in [5, 5.41) is 7.00. The van der Waals surface area contributed by atoms with Crippen LogP contribution in [0, 0.1) is 5.82 Å². The lowest BCUT2D eigenvalue weighted by Gasteiger charge is -2.34. The molecule has 1 aromatic carbocycles. The van der Waals surface area contributed by atoms with Gasteiger partial charge in [-0.2, -0.15) is 4.31 Å². The second-order valence-corrected chi connectivity index (χ2v) is 9.95. The summed E-state index contributed by atoms with van der Waals surface area (Å²) in [5.74, 6) is -1.96. The first kappa shape index (κ1) is 22.4. The summed E-state index contributed by atoms with van der Waals surface area (Å²) in [6.07, 6.45) is 2.69. The van der Waals surface area contributed by atoms with E-state index in [1.807, 2.05) is 17.5 Å². The molecule has 2 aromatic rings. The molecule has 0 bridgehead atoms. The van der Waals surface area contributed by atoms with Crippen molar-refractivity contribution in [2.45, 2.75) is 43.2 Å². The molecule has 1 atom stereocenters. The molecule has 0 aliphatic carbocycles. The quantitative estimate of drug-likeness (QED) is 0.629. The highest BCUT2D eigenvalue weighted by atomic mass is 32.2. The zero-order chi connectivity index (χ0) is 21.6. The number of sulfonamides is 1. The number of amides is 2. The number of nitrogens with one attached hydrogen (secondary N) is 2. The monoisotopic (exact) mass is 453 g/mol. The fourth-order valence-corrected chi connectivity index (χ4v) is 5.78. The Bertz CT molecular complexity index is 962. The molecule has 30 heavy (non-hydrogen) atoms. The summed E-state index contributed by atoms with van der Waals surface area (Å²) in [7, 11) is -3.75. The zero-order valence-corrected chi connectivity index (χ0v) is 18.0. The second kappa shape index (κ2) is 10.1. The van der Waals surface area contributed by atoms with Gasteiger partial charge >= 0.3 is 11.8 Å². The van der Waals surface area contributed by atoms with Gasteiger partial charge in [0, 0.05) is 24.0 Å². The van der Waals surface area contributed by atoms with Crippen molar-refractivity contribution in [3.63, 3.8) is 0 Å². The number of hydrogen-bond donors (Lipinski definition) is 2. The molecule has 162 valence electrons. The summed E-state index contributed by atoms with van der Waals surface area (Å²) in [4.78, 5) is 24.9. The summed E-state index contributed by atoms with van der Waals surface area (Å²) >= 11 is 1.49. The number of piperidine rings is 1. The Kier molecular flexibility index (Phi) is 7.57. The first-order chi connectivity index (χ1) is 14.4. The molecule has 0 unspecified atom stereocenters. The van der Waals surface area contributed by atoms with Crippen molar-refractivity contribution in [1.29, 1.82) is 0 Å². The van der Waals surface area contributed by atoms with E-state index in [4.69, 9.17) is 0 Å². The van der Waals surface area contributed by atoms with Crippen molar-refractivity contribution in [3.05, 3.63) is 52.5 Å². The molecule has 1 aromatic heterocycles. The number of rotatable bonds is 7. The third kappa shape index (κ3) is 5.65. The van der Waals surface area contributed by atoms with E-state index in [1.165, 1.54) is 27.8 Å². The van der Waals surface area contributed by atoms with Gasteiger partial charge in [-0.15, -0.1) is 11.3 Å². The van der Waals surface area contributed by atoms with Crippen LogP contribution in [-0.2, 0) is 26.2 Å². The Hall–Kier alpha value is -2.30. The van der Waals surface area contributed by atoms with E-state index in [2.05, 4.69) is 10.6 Å². The summed E-state index contributed by atoms with van der Waals surface area (Å²) in [6, 6.07) is 8.21. The minimum atomic E-state index is -3.75. The van der Waals surface area contributed by atoms with Gasteiger partial charge in [0.1, 0.15) is 5.82 Å². The molecule has 10 heteroatoms. The predicted octanol–water partition coefficient (Wildman–Crippen LogP) is 2.25. The van der Waals surface area contributed by atoms with E-state index in [-0.39, 0.29) is 24.0 Å². The lowest BCUT2D eigenvalue weighted by Crippen LogP contribution is -2.46. The van der Waals surface area contributed by atoms with E-state index in [0.717, 1.165) is 29.9 Å². The summed E-state index contributed by atoms with van der Waals surface area (Å²) < 4.78 is 40.5. The SMILES string of the molecule is O=C(NCC[C@@H]1CCCCN1S(=O)(=O)c1ccc(F)cc1)C(=O)NCc1cccs1. The highest BCUT2D eigenvalue weighted by Crippen LogP contribution is 2.27. The van der Waals surface area contributed by atoms with Crippen LogP contribution >= 0.6 is 11.3 Å². The van der Waals surface area contributed by atoms with Gasteiger partial charge in [0.25, 0.3) is 0 Å². The molecule has 2 amide bonds. The average molecular weight is 454 g/mol. The Balaban J connectivity index is 1.53. The smallest absolute Gasteiger partial charge is 0.309 e. The van der Waals surface area contributed by atoms with E-state index in [0.29, 0.717) is 19.4 Å². The van der Waals surface area contributed by atoms with Crippen molar-refractivity contribution < 1.29 is 22.4 Å². The number of nitrogens with zero attached hydrogens (tertiary/aromatic N) is 1. The van der Waals surface area contributed by atoms with Crippen molar-refractivity contribution in [1.82, 2.24) is 14.9 Å². The van der Waals surface area contributed by atoms with Crippen LogP contribution < -0.4 is 10.6 Å². The van der Waals surface area contributed by atoms with Crippen LogP contribution in [0.25, 0.3) is 0 Å². The van der Waals surface area contributed by atoms with Crippen LogP contribution in [0.1, 0.15) is 30.6 Å². The Morgan fingerprint density at radius 3 is 2.53 bits per heavy atom. The second-order valence-electron chi connectivity index (χ2n) is 7.03. The van der Waals surface area contributed by atoms with Gasteiger partial charge in [0.05, 0.1) is 11.4 Å². The van der Waals surface area contributed by atoms with Crippen molar-refractivity contribution in [2.75, 3.05) is 13.1 Å².